The van der Waals surface area contributed by atoms with E-state index >= 15 is 0 Å². The standard InChI is InChI=1S/C16H13Cl2FN6O3/c17-11-2-1-3-13(19)10(11)8-24-9-12(18)16(22-24)20-15(26)5-7-23-6-4-14(21-23)25(27)28/h1-4,6,9H,5,7-8H2,(H,20,22,26). The van der Waals surface area contributed by atoms with Crippen LogP contribution in [-0.4, -0.2) is 30.4 Å². The van der Waals surface area contributed by atoms with Crippen molar-refractivity contribution in [3.63, 3.8) is 0 Å². The van der Waals surface area contributed by atoms with Gasteiger partial charge in [0.25, 0.3) is 0 Å². The van der Waals surface area contributed by atoms with Crippen LogP contribution in [0.15, 0.2) is 36.7 Å². The van der Waals surface area contributed by atoms with Crippen LogP contribution in [0, 0.1) is 15.9 Å². The number of nitrogens with one attached hydrogen (secondary N) is 1. The maximum atomic E-state index is 13.9. The fourth-order valence-electron chi connectivity index (χ4n) is 2.39. The van der Waals surface area contributed by atoms with Gasteiger partial charge in [0.2, 0.25) is 5.91 Å². The number of nitro groups is 1. The summed E-state index contributed by atoms with van der Waals surface area (Å²) in [4.78, 5) is 22.1. The molecule has 0 aliphatic rings. The van der Waals surface area contributed by atoms with E-state index in [1.165, 1.54) is 40.0 Å². The van der Waals surface area contributed by atoms with Gasteiger partial charge in [-0.3, -0.25) is 9.48 Å². The molecule has 1 N–H and O–H groups in total. The number of rotatable bonds is 7. The summed E-state index contributed by atoms with van der Waals surface area (Å²) in [5.74, 6) is -1.06. The SMILES string of the molecule is O=C(CCn1ccc([N+](=O)[O-])n1)Nc1nn(Cc2c(F)cccc2Cl)cc1Cl. The van der Waals surface area contributed by atoms with Crippen LogP contribution in [0.5, 0.6) is 0 Å². The van der Waals surface area contributed by atoms with Crippen molar-refractivity contribution in [1.29, 1.82) is 0 Å². The topological polar surface area (TPSA) is 108 Å². The molecule has 0 atom stereocenters. The Balaban J connectivity index is 1.61. The van der Waals surface area contributed by atoms with Crippen LogP contribution in [-0.2, 0) is 17.9 Å². The zero-order chi connectivity index (χ0) is 20.3. The molecule has 3 rings (SSSR count). The van der Waals surface area contributed by atoms with E-state index in [4.69, 9.17) is 23.2 Å². The Morgan fingerprint density at radius 1 is 1.21 bits per heavy atom. The summed E-state index contributed by atoms with van der Waals surface area (Å²) in [5, 5.41) is 21.4. The molecule has 9 nitrogen and oxygen atoms in total. The fourth-order valence-corrected chi connectivity index (χ4v) is 2.81. The molecule has 0 aliphatic heterocycles. The molecule has 0 saturated heterocycles. The quantitative estimate of drug-likeness (QED) is 0.459. The van der Waals surface area contributed by atoms with Gasteiger partial charge in [0.15, 0.2) is 5.82 Å². The lowest BCUT2D eigenvalue weighted by molar-refractivity contribution is -0.389. The van der Waals surface area contributed by atoms with Gasteiger partial charge in [-0.15, -0.1) is 0 Å². The number of nitrogens with zero attached hydrogens (tertiary/aromatic N) is 5. The second kappa shape index (κ2) is 8.36. The van der Waals surface area contributed by atoms with E-state index in [2.05, 4.69) is 15.5 Å². The molecule has 1 aromatic carbocycles. The molecule has 0 radical (unpaired) electrons. The van der Waals surface area contributed by atoms with Crippen molar-refractivity contribution in [3.05, 3.63) is 68.2 Å². The number of carbonyl (C=O) groups is 1. The first kappa shape index (κ1) is 19.8. The zero-order valence-electron chi connectivity index (χ0n) is 14.2. The van der Waals surface area contributed by atoms with Gasteiger partial charge in [-0.2, -0.15) is 9.78 Å². The summed E-state index contributed by atoms with van der Waals surface area (Å²) >= 11 is 12.1. The highest BCUT2D eigenvalue weighted by molar-refractivity contribution is 6.33. The Morgan fingerprint density at radius 2 is 2.00 bits per heavy atom. The molecule has 28 heavy (non-hydrogen) atoms. The molecule has 0 fully saturated rings. The Bertz CT molecular complexity index is 1020. The van der Waals surface area contributed by atoms with Crippen molar-refractivity contribution in [2.75, 3.05) is 5.32 Å². The third-order valence-electron chi connectivity index (χ3n) is 3.74. The molecule has 2 heterocycles. The number of carbonyl (C=O) groups excluding carboxylic acids is 1. The average Bonchev–Trinajstić information content (AvgIpc) is 3.24. The number of amides is 1. The maximum absolute atomic E-state index is 13.9. The normalized spacial score (nSPS) is 10.8. The number of anilines is 1. The van der Waals surface area contributed by atoms with Gasteiger partial charge >= 0.3 is 5.82 Å². The van der Waals surface area contributed by atoms with E-state index in [1.54, 1.807) is 6.07 Å². The number of hydrogen-bond donors (Lipinski definition) is 1. The minimum Gasteiger partial charge on any atom is -0.358 e. The smallest absolute Gasteiger partial charge is 0.358 e. The van der Waals surface area contributed by atoms with Gasteiger partial charge in [-0.25, -0.2) is 4.39 Å². The highest BCUT2D eigenvalue weighted by Crippen LogP contribution is 2.23. The maximum Gasteiger partial charge on any atom is 0.389 e. The van der Waals surface area contributed by atoms with Crippen LogP contribution in [0.3, 0.4) is 0 Å². The molecule has 0 aliphatic carbocycles. The lowest BCUT2D eigenvalue weighted by atomic mass is 10.2. The molecule has 1 amide bonds. The summed E-state index contributed by atoms with van der Waals surface area (Å²) in [6.07, 6.45) is 2.85. The van der Waals surface area contributed by atoms with E-state index in [0.717, 1.165) is 0 Å². The van der Waals surface area contributed by atoms with Crippen LogP contribution in [0.1, 0.15) is 12.0 Å². The van der Waals surface area contributed by atoms with Crippen molar-refractivity contribution in [1.82, 2.24) is 19.6 Å². The first-order valence-electron chi connectivity index (χ1n) is 7.97. The molecule has 0 spiro atoms. The zero-order valence-corrected chi connectivity index (χ0v) is 15.7. The van der Waals surface area contributed by atoms with Crippen LogP contribution in [0.25, 0.3) is 0 Å². The fraction of sp³-hybridized carbons (Fsp3) is 0.188. The van der Waals surface area contributed by atoms with Gasteiger partial charge in [0, 0.05) is 23.2 Å². The molecule has 3 aromatic rings. The molecule has 0 saturated carbocycles. The van der Waals surface area contributed by atoms with Crippen molar-refractivity contribution in [3.8, 4) is 0 Å². The molecule has 146 valence electrons. The first-order chi connectivity index (χ1) is 13.3. The minimum atomic E-state index is -0.620. The van der Waals surface area contributed by atoms with Gasteiger partial charge < -0.3 is 15.4 Å². The Labute approximate surface area is 167 Å². The Kier molecular flexibility index (Phi) is 5.90. The van der Waals surface area contributed by atoms with Crippen molar-refractivity contribution in [2.24, 2.45) is 0 Å². The highest BCUT2D eigenvalue weighted by atomic mass is 35.5. The van der Waals surface area contributed by atoms with Gasteiger partial charge in [0.1, 0.15) is 10.8 Å². The molecular weight excluding hydrogens is 414 g/mol. The van der Waals surface area contributed by atoms with E-state index in [0.29, 0.717) is 0 Å². The van der Waals surface area contributed by atoms with Gasteiger partial charge in [-0.05, 0) is 17.1 Å². The second-order valence-corrected chi connectivity index (χ2v) is 6.53. The number of aryl methyl sites for hydroxylation is 1. The van der Waals surface area contributed by atoms with Gasteiger partial charge in [0.05, 0.1) is 30.5 Å². The van der Waals surface area contributed by atoms with Gasteiger partial charge in [-0.1, -0.05) is 29.3 Å². The predicted molar refractivity (Wildman–Crippen MR) is 99.9 cm³/mol. The lowest BCUT2D eigenvalue weighted by Crippen LogP contribution is -2.15. The Hall–Kier alpha value is -2.98. The molecule has 0 bridgehead atoms. The van der Waals surface area contributed by atoms with Crippen LogP contribution < -0.4 is 5.32 Å². The Morgan fingerprint density at radius 3 is 2.68 bits per heavy atom. The van der Waals surface area contributed by atoms with Crippen LogP contribution >= 0.6 is 23.2 Å². The number of aromatic nitrogens is 4. The summed E-state index contributed by atoms with van der Waals surface area (Å²) in [6.45, 7) is 0.181. The van der Waals surface area contributed by atoms with Crippen molar-refractivity contribution >= 4 is 40.7 Å². The third kappa shape index (κ3) is 4.65. The minimum absolute atomic E-state index is 0.00116. The number of benzene rings is 1. The summed E-state index contributed by atoms with van der Waals surface area (Å²) in [5.41, 5.74) is 0.251. The molecule has 2 aromatic heterocycles. The summed E-state index contributed by atoms with van der Waals surface area (Å²) in [6, 6.07) is 5.59. The second-order valence-electron chi connectivity index (χ2n) is 5.72. The lowest BCUT2D eigenvalue weighted by Gasteiger charge is -2.06. The van der Waals surface area contributed by atoms with E-state index in [-0.39, 0.29) is 46.8 Å². The average molecular weight is 427 g/mol. The summed E-state index contributed by atoms with van der Waals surface area (Å²) in [7, 11) is 0. The number of hydrogen-bond acceptors (Lipinski definition) is 5. The molecular formula is C16H13Cl2FN6O3. The highest BCUT2D eigenvalue weighted by Gasteiger charge is 2.15. The third-order valence-corrected chi connectivity index (χ3v) is 4.37. The molecule has 0 unspecified atom stereocenters. The van der Waals surface area contributed by atoms with E-state index < -0.39 is 16.6 Å². The van der Waals surface area contributed by atoms with Crippen molar-refractivity contribution < 1.29 is 14.1 Å². The molecule has 12 heteroatoms. The van der Waals surface area contributed by atoms with Crippen LogP contribution in [0.2, 0.25) is 10.0 Å². The van der Waals surface area contributed by atoms with Crippen molar-refractivity contribution in [2.45, 2.75) is 19.5 Å². The van der Waals surface area contributed by atoms with E-state index in [1.807, 2.05) is 0 Å². The van der Waals surface area contributed by atoms with Crippen LogP contribution in [0.4, 0.5) is 16.0 Å². The monoisotopic (exact) mass is 426 g/mol. The summed E-state index contributed by atoms with van der Waals surface area (Å²) < 4.78 is 16.5. The largest absolute Gasteiger partial charge is 0.389 e. The predicted octanol–water partition coefficient (Wildman–Crippen LogP) is 3.51. The number of halogens is 3. The first-order valence-corrected chi connectivity index (χ1v) is 8.72. The van der Waals surface area contributed by atoms with E-state index in [9.17, 15) is 19.3 Å².